The van der Waals surface area contributed by atoms with Gasteiger partial charge in [-0.15, -0.1) is 0 Å². The number of nitrogens with zero attached hydrogens (tertiary/aromatic N) is 1. The Morgan fingerprint density at radius 2 is 0.980 bits per heavy atom. The molecule has 0 aliphatic rings. The summed E-state index contributed by atoms with van der Waals surface area (Å²) in [6, 6.07) is 40.7. The zero-order valence-electron chi connectivity index (χ0n) is 31.2. The summed E-state index contributed by atoms with van der Waals surface area (Å²) in [5.74, 6) is 0.637. The lowest BCUT2D eigenvalue weighted by molar-refractivity contribution is -0.0553. The zero-order chi connectivity index (χ0) is 35.7. The van der Waals surface area contributed by atoms with Gasteiger partial charge in [-0.1, -0.05) is 200 Å². The molecule has 4 rings (SSSR count). The summed E-state index contributed by atoms with van der Waals surface area (Å²) in [4.78, 5) is 0. The minimum atomic E-state index is -0.853. The van der Waals surface area contributed by atoms with Crippen molar-refractivity contribution in [1.29, 1.82) is 5.26 Å². The smallest absolute Gasteiger partial charge is 0.145 e. The number of benzene rings is 4. The summed E-state index contributed by atoms with van der Waals surface area (Å²) < 4.78 is 19.8. The van der Waals surface area contributed by atoms with Crippen LogP contribution in [0.1, 0.15) is 132 Å². The molecular weight excluding hydrogens is 627 g/mol. The maximum absolute atomic E-state index is 9.50. The Bertz CT molecular complexity index is 1390. The second kappa shape index (κ2) is 24.3. The molecule has 0 saturated carbocycles. The number of ether oxygens (including phenoxy) is 3. The molecule has 0 spiro atoms. The van der Waals surface area contributed by atoms with Crippen LogP contribution < -0.4 is 4.74 Å². The summed E-state index contributed by atoms with van der Waals surface area (Å²) in [6.45, 7) is 3.66. The van der Waals surface area contributed by atoms with E-state index in [4.69, 9.17) is 14.2 Å². The molecule has 4 aromatic carbocycles. The van der Waals surface area contributed by atoms with Crippen molar-refractivity contribution < 1.29 is 14.2 Å². The first-order valence-corrected chi connectivity index (χ1v) is 19.8. The van der Waals surface area contributed by atoms with Gasteiger partial charge in [0.05, 0.1) is 24.8 Å². The van der Waals surface area contributed by atoms with Crippen LogP contribution in [0.5, 0.6) is 5.75 Å². The molecule has 0 saturated heterocycles. The van der Waals surface area contributed by atoms with Gasteiger partial charge in [0, 0.05) is 6.61 Å². The molecule has 0 radical (unpaired) electrons. The molecule has 4 heteroatoms. The summed E-state index contributed by atoms with van der Waals surface area (Å²) in [5, 5.41) is 9.50. The quantitative estimate of drug-likeness (QED) is 0.0462. The highest BCUT2D eigenvalue weighted by Crippen LogP contribution is 2.40. The third-order valence-electron chi connectivity index (χ3n) is 9.74. The maximum Gasteiger partial charge on any atom is 0.145 e. The molecule has 0 aromatic heterocycles. The molecule has 0 N–H and O–H groups in total. The van der Waals surface area contributed by atoms with E-state index >= 15 is 0 Å². The first-order chi connectivity index (χ1) is 25.3. The zero-order valence-corrected chi connectivity index (χ0v) is 31.2. The first kappa shape index (κ1) is 39.9. The molecule has 0 aliphatic carbocycles. The van der Waals surface area contributed by atoms with Crippen LogP contribution in [0, 0.1) is 11.3 Å². The molecule has 1 atom stereocenters. The molecular formula is C47H61NO3. The van der Waals surface area contributed by atoms with Crippen molar-refractivity contribution in [2.75, 3.05) is 19.8 Å². The van der Waals surface area contributed by atoms with E-state index in [2.05, 4.69) is 85.8 Å². The second-order valence-electron chi connectivity index (χ2n) is 13.8. The number of rotatable bonds is 27. The first-order valence-electron chi connectivity index (χ1n) is 19.8. The molecule has 0 aliphatic heterocycles. The minimum absolute atomic E-state index is 0.286. The predicted octanol–water partition coefficient (Wildman–Crippen LogP) is 12.6. The van der Waals surface area contributed by atoms with Gasteiger partial charge in [0.15, 0.2) is 0 Å². The molecule has 1 unspecified atom stereocenters. The van der Waals surface area contributed by atoms with Crippen LogP contribution in [0.4, 0.5) is 0 Å². The highest BCUT2D eigenvalue weighted by atomic mass is 16.6. The van der Waals surface area contributed by atoms with Gasteiger partial charge in [0.2, 0.25) is 0 Å². The van der Waals surface area contributed by atoms with Gasteiger partial charge >= 0.3 is 0 Å². The van der Waals surface area contributed by atoms with E-state index in [1.54, 1.807) is 12.1 Å². The van der Waals surface area contributed by atoms with Crippen LogP contribution >= 0.6 is 0 Å². The van der Waals surface area contributed by atoms with E-state index in [9.17, 15) is 5.26 Å². The van der Waals surface area contributed by atoms with Gasteiger partial charge in [-0.3, -0.25) is 0 Å². The fourth-order valence-electron chi connectivity index (χ4n) is 6.90. The molecule has 0 heterocycles. The van der Waals surface area contributed by atoms with Crippen molar-refractivity contribution in [3.8, 4) is 11.8 Å². The highest BCUT2D eigenvalue weighted by molar-refractivity contribution is 5.47. The topological polar surface area (TPSA) is 51.5 Å². The van der Waals surface area contributed by atoms with Crippen LogP contribution in [-0.2, 0) is 15.1 Å². The number of hydrogen-bond donors (Lipinski definition) is 0. The molecule has 0 bridgehead atoms. The summed E-state index contributed by atoms with van der Waals surface area (Å²) in [7, 11) is 0. The average Bonchev–Trinajstić information content (AvgIpc) is 3.19. The Morgan fingerprint density at radius 3 is 1.43 bits per heavy atom. The van der Waals surface area contributed by atoms with E-state index in [-0.39, 0.29) is 12.7 Å². The van der Waals surface area contributed by atoms with Gasteiger partial charge in [-0.05, 0) is 41.3 Å². The van der Waals surface area contributed by atoms with Gasteiger partial charge in [-0.2, -0.15) is 5.26 Å². The lowest BCUT2D eigenvalue weighted by Crippen LogP contribution is -2.38. The van der Waals surface area contributed by atoms with E-state index < -0.39 is 5.60 Å². The largest absolute Gasteiger partial charge is 0.486 e. The van der Waals surface area contributed by atoms with Crippen molar-refractivity contribution in [2.45, 2.75) is 121 Å². The lowest BCUT2D eigenvalue weighted by Gasteiger charge is -2.37. The van der Waals surface area contributed by atoms with Crippen molar-refractivity contribution >= 4 is 0 Å². The van der Waals surface area contributed by atoms with Crippen LogP contribution in [0.2, 0.25) is 0 Å². The van der Waals surface area contributed by atoms with Gasteiger partial charge in [0.25, 0.3) is 0 Å². The Hall–Kier alpha value is -3.91. The van der Waals surface area contributed by atoms with Crippen molar-refractivity contribution in [1.82, 2.24) is 0 Å². The summed E-state index contributed by atoms with van der Waals surface area (Å²) in [6.07, 6.45) is 21.2. The molecule has 0 fully saturated rings. The van der Waals surface area contributed by atoms with Gasteiger partial charge in [-0.25, -0.2) is 0 Å². The predicted molar refractivity (Wildman–Crippen MR) is 211 cm³/mol. The van der Waals surface area contributed by atoms with Crippen LogP contribution in [0.15, 0.2) is 115 Å². The van der Waals surface area contributed by atoms with Crippen molar-refractivity contribution in [2.24, 2.45) is 0 Å². The number of hydrogen-bond acceptors (Lipinski definition) is 4. The lowest BCUT2D eigenvalue weighted by atomic mass is 9.80. The van der Waals surface area contributed by atoms with E-state index in [1.807, 2.05) is 30.3 Å². The SMILES string of the molecule is CCCCCCCCCCCCCCCCCCOCC(COC(c1ccccc1)(c1ccccc1)c1ccccc1)Oc1cccc(C#N)c1. The maximum atomic E-state index is 9.50. The molecule has 4 aromatic rings. The fourth-order valence-corrected chi connectivity index (χ4v) is 6.90. The van der Waals surface area contributed by atoms with Crippen molar-refractivity contribution in [3.05, 3.63) is 138 Å². The molecule has 4 nitrogen and oxygen atoms in total. The standard InChI is InChI=1S/C47H61NO3/c1-2-3-4-5-6-7-8-9-10-11-12-13-14-15-16-26-36-49-39-46(51-45-35-27-28-41(37-45)38-48)40-50-47(42-29-20-17-21-30-42,43-31-22-18-23-32-43)44-33-24-19-25-34-44/h17-25,27-35,37,46H,2-16,26,36,39-40H2,1H3. The van der Waals surface area contributed by atoms with E-state index in [1.165, 1.54) is 96.3 Å². The van der Waals surface area contributed by atoms with Crippen LogP contribution in [-0.4, -0.2) is 25.9 Å². The number of unbranched alkanes of at least 4 members (excludes halogenated alkanes) is 15. The third kappa shape index (κ3) is 14.0. The minimum Gasteiger partial charge on any atom is -0.486 e. The Labute approximate surface area is 309 Å². The van der Waals surface area contributed by atoms with Crippen LogP contribution in [0.25, 0.3) is 0 Å². The molecule has 51 heavy (non-hydrogen) atoms. The van der Waals surface area contributed by atoms with Crippen molar-refractivity contribution in [3.63, 3.8) is 0 Å². The second-order valence-corrected chi connectivity index (χ2v) is 13.8. The average molecular weight is 688 g/mol. The molecule has 272 valence electrons. The monoisotopic (exact) mass is 687 g/mol. The third-order valence-corrected chi connectivity index (χ3v) is 9.74. The number of nitriles is 1. The Morgan fingerprint density at radius 1 is 0.529 bits per heavy atom. The van der Waals surface area contributed by atoms with Crippen LogP contribution in [0.3, 0.4) is 0 Å². The fraction of sp³-hybridized carbons (Fsp3) is 0.468. The summed E-state index contributed by atoms with van der Waals surface area (Å²) in [5.41, 5.74) is 2.84. The molecule has 0 amide bonds. The summed E-state index contributed by atoms with van der Waals surface area (Å²) >= 11 is 0. The van der Waals surface area contributed by atoms with Gasteiger partial charge in [0.1, 0.15) is 17.5 Å². The highest BCUT2D eigenvalue weighted by Gasteiger charge is 2.38. The van der Waals surface area contributed by atoms with E-state index in [0.29, 0.717) is 24.5 Å². The van der Waals surface area contributed by atoms with Gasteiger partial charge < -0.3 is 14.2 Å². The Balaban J connectivity index is 1.28. The van der Waals surface area contributed by atoms with E-state index in [0.717, 1.165) is 23.1 Å². The normalized spacial score (nSPS) is 12.0. The Kier molecular flexibility index (Phi) is 19.0.